The Bertz CT molecular complexity index is 782. The Morgan fingerprint density at radius 1 is 1.30 bits per heavy atom. The van der Waals surface area contributed by atoms with Crippen LogP contribution < -0.4 is 16.4 Å². The van der Waals surface area contributed by atoms with Gasteiger partial charge < -0.3 is 20.8 Å². The Labute approximate surface area is 183 Å². The number of hydrogen-bond donors (Lipinski definition) is 3. The third-order valence-electron chi connectivity index (χ3n) is 3.57. The highest BCUT2D eigenvalue weighted by molar-refractivity contribution is 14.0. The number of carbonyl (C=O) groups excluding carboxylic acids is 1. The number of furan rings is 1. The molecule has 2 rings (SSSR count). The van der Waals surface area contributed by atoms with E-state index in [-0.39, 0.29) is 42.1 Å². The van der Waals surface area contributed by atoms with Crippen molar-refractivity contribution >= 4 is 51.8 Å². The molecule has 0 fully saturated rings. The zero-order valence-corrected chi connectivity index (χ0v) is 18.8. The molecule has 0 aliphatic heterocycles. The molecule has 0 atom stereocenters. The summed E-state index contributed by atoms with van der Waals surface area (Å²) in [4.78, 5) is 15.4. The second-order valence-corrected chi connectivity index (χ2v) is 6.51. The number of carbonyl (C=O) groups is 1. The number of rotatable bonds is 8. The molecule has 4 N–H and O–H groups in total. The fourth-order valence-electron chi connectivity index (χ4n) is 2.30. The van der Waals surface area contributed by atoms with E-state index >= 15 is 0 Å². The molecule has 9 heteroatoms. The highest BCUT2D eigenvalue weighted by atomic mass is 127. The topological polar surface area (TPSA) is 92.6 Å². The first-order valence-corrected chi connectivity index (χ1v) is 9.13. The maximum Gasteiger partial charge on any atom is 0.284 e. The van der Waals surface area contributed by atoms with Crippen LogP contribution in [0.25, 0.3) is 0 Å². The zero-order chi connectivity index (χ0) is 18.9. The maximum absolute atomic E-state index is 13.8. The third kappa shape index (κ3) is 7.87. The van der Waals surface area contributed by atoms with Crippen LogP contribution in [0.2, 0.25) is 0 Å². The van der Waals surface area contributed by atoms with Gasteiger partial charge in [-0.15, -0.1) is 24.0 Å². The van der Waals surface area contributed by atoms with Crippen LogP contribution in [-0.4, -0.2) is 25.0 Å². The molecule has 0 saturated heterocycles. The molecule has 1 heterocycles. The molecular weight excluding hydrogens is 530 g/mol. The monoisotopic (exact) mass is 552 g/mol. The summed E-state index contributed by atoms with van der Waals surface area (Å²) in [6, 6.07) is 8.29. The van der Waals surface area contributed by atoms with Crippen LogP contribution in [0.1, 0.15) is 35.2 Å². The second kappa shape index (κ2) is 12.0. The van der Waals surface area contributed by atoms with E-state index < -0.39 is 5.91 Å². The van der Waals surface area contributed by atoms with Crippen molar-refractivity contribution in [1.82, 2.24) is 10.6 Å². The van der Waals surface area contributed by atoms with Crippen LogP contribution in [0.15, 0.2) is 44.2 Å². The van der Waals surface area contributed by atoms with Crippen LogP contribution >= 0.6 is 39.9 Å². The summed E-state index contributed by atoms with van der Waals surface area (Å²) >= 11 is 3.25. The summed E-state index contributed by atoms with van der Waals surface area (Å²) in [5.74, 6) is 0.479. The summed E-state index contributed by atoms with van der Waals surface area (Å²) in [5.41, 5.74) is 5.84. The molecule has 0 aliphatic rings. The van der Waals surface area contributed by atoms with E-state index in [4.69, 9.17) is 10.2 Å². The highest BCUT2D eigenvalue weighted by Gasteiger charge is 2.07. The molecule has 2 aromatic rings. The van der Waals surface area contributed by atoms with Gasteiger partial charge >= 0.3 is 0 Å². The lowest BCUT2D eigenvalue weighted by Crippen LogP contribution is -2.37. The predicted octanol–water partition coefficient (Wildman–Crippen LogP) is 3.59. The normalized spacial score (nSPS) is 11.0. The molecule has 1 aromatic heterocycles. The number of amides is 1. The number of benzene rings is 1. The van der Waals surface area contributed by atoms with Gasteiger partial charge in [-0.3, -0.25) is 4.79 Å². The lowest BCUT2D eigenvalue weighted by Gasteiger charge is -2.11. The zero-order valence-electron chi connectivity index (χ0n) is 14.9. The van der Waals surface area contributed by atoms with Crippen molar-refractivity contribution in [2.75, 3.05) is 13.1 Å². The summed E-state index contributed by atoms with van der Waals surface area (Å²) in [5, 5.41) is 6.32. The molecule has 0 bridgehead atoms. The lowest BCUT2D eigenvalue weighted by atomic mass is 10.1. The summed E-state index contributed by atoms with van der Waals surface area (Å²) < 4.78 is 19.8. The number of halogens is 3. The van der Waals surface area contributed by atoms with E-state index in [0.717, 1.165) is 10.9 Å². The standard InChI is InChI=1S/C18H22BrFN4O2.HI/c1-2-22-18(24-11-14-7-8-16(26-14)17(21)25)23-9-3-4-12-5-6-13(19)10-15(12)20;/h5-8,10H,2-4,9,11H2,1H3,(H2,21,25)(H2,22,23,24);1H. The van der Waals surface area contributed by atoms with Crippen LogP contribution in [0, 0.1) is 5.82 Å². The van der Waals surface area contributed by atoms with Crippen LogP contribution in [0.3, 0.4) is 0 Å². The van der Waals surface area contributed by atoms with Gasteiger partial charge in [-0.25, -0.2) is 9.38 Å². The van der Waals surface area contributed by atoms with Crippen molar-refractivity contribution in [2.24, 2.45) is 10.7 Å². The van der Waals surface area contributed by atoms with Crippen molar-refractivity contribution in [3.05, 3.63) is 57.7 Å². The molecule has 148 valence electrons. The van der Waals surface area contributed by atoms with Crippen molar-refractivity contribution in [2.45, 2.75) is 26.3 Å². The first-order chi connectivity index (χ1) is 12.5. The van der Waals surface area contributed by atoms with E-state index in [2.05, 4.69) is 31.6 Å². The lowest BCUT2D eigenvalue weighted by molar-refractivity contribution is 0.0972. The minimum absolute atomic E-state index is 0. The first kappa shape index (κ1) is 23.4. The summed E-state index contributed by atoms with van der Waals surface area (Å²) in [6.07, 6.45) is 1.39. The Morgan fingerprint density at radius 3 is 2.70 bits per heavy atom. The molecule has 0 saturated carbocycles. The number of primary amides is 1. The molecule has 0 aliphatic carbocycles. The van der Waals surface area contributed by atoms with Gasteiger partial charge in [0.15, 0.2) is 11.7 Å². The number of hydrogen-bond acceptors (Lipinski definition) is 3. The van der Waals surface area contributed by atoms with Crippen LogP contribution in [0.5, 0.6) is 0 Å². The Hall–Kier alpha value is -1.62. The second-order valence-electron chi connectivity index (χ2n) is 5.59. The maximum atomic E-state index is 13.8. The van der Waals surface area contributed by atoms with Gasteiger partial charge in [0.2, 0.25) is 0 Å². The number of nitrogens with zero attached hydrogens (tertiary/aromatic N) is 1. The van der Waals surface area contributed by atoms with Gasteiger partial charge in [-0.05, 0) is 49.6 Å². The molecule has 6 nitrogen and oxygen atoms in total. The van der Waals surface area contributed by atoms with Crippen LogP contribution in [0.4, 0.5) is 4.39 Å². The number of nitrogens with one attached hydrogen (secondary N) is 2. The largest absolute Gasteiger partial charge is 0.454 e. The molecule has 0 spiro atoms. The minimum Gasteiger partial charge on any atom is -0.454 e. The molecular formula is C18H23BrFIN4O2. The van der Waals surface area contributed by atoms with Gasteiger partial charge in [0.05, 0.1) is 0 Å². The van der Waals surface area contributed by atoms with Crippen LogP contribution in [-0.2, 0) is 13.0 Å². The van der Waals surface area contributed by atoms with E-state index in [1.807, 2.05) is 13.0 Å². The van der Waals surface area contributed by atoms with Crippen molar-refractivity contribution in [1.29, 1.82) is 0 Å². The predicted molar refractivity (Wildman–Crippen MR) is 118 cm³/mol. The fraction of sp³-hybridized carbons (Fsp3) is 0.333. The molecule has 27 heavy (non-hydrogen) atoms. The van der Waals surface area contributed by atoms with E-state index in [9.17, 15) is 9.18 Å². The van der Waals surface area contributed by atoms with E-state index in [0.29, 0.717) is 36.8 Å². The van der Waals surface area contributed by atoms with Gasteiger partial charge in [0, 0.05) is 17.6 Å². The average molecular weight is 553 g/mol. The molecule has 0 unspecified atom stereocenters. The molecule has 1 aromatic carbocycles. The van der Waals surface area contributed by atoms with E-state index in [1.54, 1.807) is 12.1 Å². The number of aliphatic imine (C=N–C) groups is 1. The number of guanidine groups is 1. The van der Waals surface area contributed by atoms with Crippen molar-refractivity contribution in [3.63, 3.8) is 0 Å². The molecule has 0 radical (unpaired) electrons. The smallest absolute Gasteiger partial charge is 0.284 e. The minimum atomic E-state index is -0.606. The summed E-state index contributed by atoms with van der Waals surface area (Å²) in [7, 11) is 0. The number of nitrogens with two attached hydrogens (primary N) is 1. The Balaban J connectivity index is 0.00000364. The molecule has 1 amide bonds. The van der Waals surface area contributed by atoms with Gasteiger partial charge in [-0.2, -0.15) is 0 Å². The highest BCUT2D eigenvalue weighted by Crippen LogP contribution is 2.16. The van der Waals surface area contributed by atoms with Crippen molar-refractivity contribution in [3.8, 4) is 0 Å². The first-order valence-electron chi connectivity index (χ1n) is 8.34. The summed E-state index contributed by atoms with van der Waals surface area (Å²) in [6.45, 7) is 3.60. The third-order valence-corrected chi connectivity index (χ3v) is 4.07. The van der Waals surface area contributed by atoms with Gasteiger partial charge in [0.25, 0.3) is 5.91 Å². The Morgan fingerprint density at radius 2 is 2.07 bits per heavy atom. The SMILES string of the molecule is CCNC(=NCc1ccc(C(N)=O)o1)NCCCc1ccc(Br)cc1F.I. The van der Waals surface area contributed by atoms with Gasteiger partial charge in [0.1, 0.15) is 18.1 Å². The fourth-order valence-corrected chi connectivity index (χ4v) is 2.64. The van der Waals surface area contributed by atoms with Crippen molar-refractivity contribution < 1.29 is 13.6 Å². The number of aryl methyl sites for hydroxylation is 1. The van der Waals surface area contributed by atoms with E-state index in [1.165, 1.54) is 12.1 Å². The average Bonchev–Trinajstić information content (AvgIpc) is 3.07. The van der Waals surface area contributed by atoms with Gasteiger partial charge in [-0.1, -0.05) is 22.0 Å². The quantitative estimate of drug-likeness (QED) is 0.202. The Kier molecular flexibility index (Phi) is 10.4.